The van der Waals surface area contributed by atoms with Crippen molar-refractivity contribution >= 4 is 0 Å². The van der Waals surface area contributed by atoms with Gasteiger partial charge in [0.1, 0.15) is 0 Å². The average molecular weight is 290 g/mol. The first-order chi connectivity index (χ1) is 10.9. The molecule has 0 amide bonds. The van der Waals surface area contributed by atoms with E-state index >= 15 is 0 Å². The molecule has 2 heterocycles. The minimum atomic E-state index is 0.291. The Hall–Kier alpha value is -2.75. The number of hydrogen-bond donors (Lipinski definition) is 0. The van der Waals surface area contributed by atoms with E-state index in [9.17, 15) is 0 Å². The number of rotatable bonds is 1. The molecule has 2 aliphatic rings. The molecule has 4 heteroatoms. The fraction of sp³-hybridized carbons (Fsp3) is 0.167. The molecular weight excluding hydrogens is 276 g/mol. The van der Waals surface area contributed by atoms with Gasteiger partial charge in [0.15, 0.2) is 11.5 Å². The molecule has 5 rings (SSSR count). The molecule has 108 valence electrons. The van der Waals surface area contributed by atoms with Crippen molar-refractivity contribution in [2.45, 2.75) is 12.8 Å². The Morgan fingerprint density at radius 3 is 2.77 bits per heavy atom. The second-order valence-corrected chi connectivity index (χ2v) is 5.62. The minimum absolute atomic E-state index is 0.291. The van der Waals surface area contributed by atoms with Gasteiger partial charge in [-0.3, -0.25) is 0 Å². The van der Waals surface area contributed by atoms with Gasteiger partial charge in [0.25, 0.3) is 0 Å². The molecule has 2 aromatic carbocycles. The lowest BCUT2D eigenvalue weighted by atomic mass is 9.90. The Balaban J connectivity index is 1.71. The minimum Gasteiger partial charge on any atom is -0.454 e. The van der Waals surface area contributed by atoms with Crippen molar-refractivity contribution in [1.29, 1.82) is 0 Å². The van der Waals surface area contributed by atoms with E-state index < -0.39 is 0 Å². The predicted molar refractivity (Wildman–Crippen MR) is 82.5 cm³/mol. The van der Waals surface area contributed by atoms with E-state index in [2.05, 4.69) is 29.4 Å². The molecular formula is C18H14N2O2. The predicted octanol–water partition coefficient (Wildman–Crippen LogP) is 3.37. The summed E-state index contributed by atoms with van der Waals surface area (Å²) in [6, 6.07) is 14.5. The molecule has 0 radical (unpaired) electrons. The highest BCUT2D eigenvalue weighted by atomic mass is 16.7. The van der Waals surface area contributed by atoms with Crippen molar-refractivity contribution in [3.05, 3.63) is 59.8 Å². The second-order valence-electron chi connectivity index (χ2n) is 5.62. The number of aryl methyl sites for hydroxylation is 2. The number of benzene rings is 2. The molecule has 4 nitrogen and oxygen atoms in total. The number of hydrogen-bond acceptors (Lipinski definition) is 3. The normalized spacial score (nSPS) is 14.5. The smallest absolute Gasteiger partial charge is 0.231 e. The zero-order valence-electron chi connectivity index (χ0n) is 12.0. The van der Waals surface area contributed by atoms with Crippen LogP contribution in [0.25, 0.3) is 16.9 Å². The Morgan fingerprint density at radius 2 is 1.77 bits per heavy atom. The SMILES string of the molecule is c1ccc2c(c1)CCc1cnn(-c3ccc4c(c3)OCO4)c1-2. The van der Waals surface area contributed by atoms with E-state index in [1.54, 1.807) is 0 Å². The molecule has 0 saturated carbocycles. The third-order valence-electron chi connectivity index (χ3n) is 4.38. The largest absolute Gasteiger partial charge is 0.454 e. The maximum Gasteiger partial charge on any atom is 0.231 e. The van der Waals surface area contributed by atoms with Crippen LogP contribution in [-0.2, 0) is 12.8 Å². The summed E-state index contributed by atoms with van der Waals surface area (Å²) in [5.74, 6) is 1.58. The second kappa shape index (κ2) is 4.37. The molecule has 22 heavy (non-hydrogen) atoms. The maximum absolute atomic E-state index is 5.49. The lowest BCUT2D eigenvalue weighted by molar-refractivity contribution is 0.174. The van der Waals surface area contributed by atoms with Crippen LogP contribution in [-0.4, -0.2) is 16.6 Å². The average Bonchev–Trinajstić information content (AvgIpc) is 3.20. The Bertz CT molecular complexity index is 883. The zero-order valence-corrected chi connectivity index (χ0v) is 12.0. The number of nitrogens with zero attached hydrogens (tertiary/aromatic N) is 2. The molecule has 0 saturated heterocycles. The van der Waals surface area contributed by atoms with Crippen molar-refractivity contribution in [2.24, 2.45) is 0 Å². The van der Waals surface area contributed by atoms with Crippen LogP contribution in [0.5, 0.6) is 11.5 Å². The first-order valence-corrected chi connectivity index (χ1v) is 7.45. The Labute approximate surface area is 127 Å². The van der Waals surface area contributed by atoms with Gasteiger partial charge in [0.05, 0.1) is 17.6 Å². The number of aromatic nitrogens is 2. The third kappa shape index (κ3) is 1.61. The van der Waals surface area contributed by atoms with E-state index in [1.165, 1.54) is 22.4 Å². The standard InChI is InChI=1S/C18H14N2O2/c1-2-4-15-12(3-1)5-6-13-10-19-20(18(13)15)14-7-8-16-17(9-14)22-11-21-16/h1-4,7-10H,5-6,11H2. The molecule has 1 aliphatic heterocycles. The molecule has 1 aromatic heterocycles. The lowest BCUT2D eigenvalue weighted by Crippen LogP contribution is -2.07. The summed E-state index contributed by atoms with van der Waals surface area (Å²) in [6.07, 6.45) is 4.10. The fourth-order valence-corrected chi connectivity index (χ4v) is 3.30. The molecule has 0 bridgehead atoms. The van der Waals surface area contributed by atoms with Gasteiger partial charge in [-0.15, -0.1) is 0 Å². The van der Waals surface area contributed by atoms with Crippen molar-refractivity contribution in [3.8, 4) is 28.4 Å². The van der Waals surface area contributed by atoms with Crippen LogP contribution < -0.4 is 9.47 Å². The van der Waals surface area contributed by atoms with Gasteiger partial charge < -0.3 is 9.47 Å². The van der Waals surface area contributed by atoms with Crippen molar-refractivity contribution < 1.29 is 9.47 Å². The number of fused-ring (bicyclic) bond motifs is 4. The third-order valence-corrected chi connectivity index (χ3v) is 4.38. The Kier molecular flexibility index (Phi) is 2.36. The highest BCUT2D eigenvalue weighted by Crippen LogP contribution is 2.38. The van der Waals surface area contributed by atoms with Crippen LogP contribution in [0.15, 0.2) is 48.7 Å². The first-order valence-electron chi connectivity index (χ1n) is 7.45. The van der Waals surface area contributed by atoms with E-state index in [-0.39, 0.29) is 0 Å². The monoisotopic (exact) mass is 290 g/mol. The zero-order chi connectivity index (χ0) is 14.5. The van der Waals surface area contributed by atoms with Crippen molar-refractivity contribution in [2.75, 3.05) is 6.79 Å². The van der Waals surface area contributed by atoms with Crippen molar-refractivity contribution in [3.63, 3.8) is 0 Å². The van der Waals surface area contributed by atoms with Gasteiger partial charge in [0.2, 0.25) is 6.79 Å². The molecule has 0 unspecified atom stereocenters. The number of ether oxygens (including phenoxy) is 2. The van der Waals surface area contributed by atoms with Gasteiger partial charge in [-0.25, -0.2) is 4.68 Å². The quantitative estimate of drug-likeness (QED) is 0.689. The summed E-state index contributed by atoms with van der Waals surface area (Å²) in [7, 11) is 0. The highest BCUT2D eigenvalue weighted by Gasteiger charge is 2.22. The van der Waals surface area contributed by atoms with E-state index in [0.29, 0.717) is 6.79 Å². The van der Waals surface area contributed by atoms with Gasteiger partial charge in [-0.1, -0.05) is 24.3 Å². The fourth-order valence-electron chi connectivity index (χ4n) is 3.30. The molecule has 1 aliphatic carbocycles. The molecule has 0 fully saturated rings. The maximum atomic E-state index is 5.49. The van der Waals surface area contributed by atoms with Crippen LogP contribution >= 0.6 is 0 Å². The molecule has 0 spiro atoms. The van der Waals surface area contributed by atoms with Crippen LogP contribution in [0.3, 0.4) is 0 Å². The topological polar surface area (TPSA) is 36.3 Å². The highest BCUT2D eigenvalue weighted by molar-refractivity contribution is 5.71. The molecule has 0 atom stereocenters. The van der Waals surface area contributed by atoms with Gasteiger partial charge >= 0.3 is 0 Å². The van der Waals surface area contributed by atoms with Gasteiger partial charge in [-0.2, -0.15) is 5.10 Å². The van der Waals surface area contributed by atoms with E-state index in [1.807, 2.05) is 29.1 Å². The summed E-state index contributed by atoms with van der Waals surface area (Å²) in [5.41, 5.74) is 6.16. The van der Waals surface area contributed by atoms with E-state index in [0.717, 1.165) is 30.0 Å². The first kappa shape index (κ1) is 11.9. The summed E-state index contributed by atoms with van der Waals surface area (Å²) in [5, 5.41) is 4.61. The Morgan fingerprint density at radius 1 is 0.909 bits per heavy atom. The summed E-state index contributed by atoms with van der Waals surface area (Å²) in [6.45, 7) is 0.291. The summed E-state index contributed by atoms with van der Waals surface area (Å²) >= 11 is 0. The van der Waals surface area contributed by atoms with Crippen molar-refractivity contribution in [1.82, 2.24) is 9.78 Å². The summed E-state index contributed by atoms with van der Waals surface area (Å²) < 4.78 is 12.9. The van der Waals surface area contributed by atoms with Gasteiger partial charge in [0, 0.05) is 11.6 Å². The molecule has 0 N–H and O–H groups in total. The molecule has 3 aromatic rings. The van der Waals surface area contributed by atoms with E-state index in [4.69, 9.17) is 9.47 Å². The van der Waals surface area contributed by atoms with Crippen LogP contribution in [0.2, 0.25) is 0 Å². The lowest BCUT2D eigenvalue weighted by Gasteiger charge is -2.18. The van der Waals surface area contributed by atoms with Crippen LogP contribution in [0.4, 0.5) is 0 Å². The van der Waals surface area contributed by atoms with Crippen LogP contribution in [0.1, 0.15) is 11.1 Å². The summed E-state index contributed by atoms with van der Waals surface area (Å²) in [4.78, 5) is 0. The van der Waals surface area contributed by atoms with Crippen LogP contribution in [0, 0.1) is 0 Å². The van der Waals surface area contributed by atoms with Gasteiger partial charge in [-0.05, 0) is 36.1 Å².